The fourth-order valence-corrected chi connectivity index (χ4v) is 2.98. The van der Waals surface area contributed by atoms with Crippen LogP contribution >= 0.6 is 11.6 Å². The highest BCUT2D eigenvalue weighted by Gasteiger charge is 2.35. The van der Waals surface area contributed by atoms with E-state index in [0.29, 0.717) is 23.9 Å². The van der Waals surface area contributed by atoms with Gasteiger partial charge in [0, 0.05) is 24.7 Å². The van der Waals surface area contributed by atoms with Crippen LogP contribution in [0.1, 0.15) is 33.1 Å². The third-order valence-corrected chi connectivity index (χ3v) is 4.95. The molecule has 1 heterocycles. The van der Waals surface area contributed by atoms with Crippen molar-refractivity contribution in [1.82, 2.24) is 4.90 Å². The number of piperidine rings is 1. The summed E-state index contributed by atoms with van der Waals surface area (Å²) in [6, 6.07) is 7.00. The fraction of sp³-hybridized carbons (Fsp3) is 0.588. The summed E-state index contributed by atoms with van der Waals surface area (Å²) in [7, 11) is 0. The number of likely N-dealkylation sites (tertiary alicyclic amines) is 1. The summed E-state index contributed by atoms with van der Waals surface area (Å²) in [6.45, 7) is 5.43. The number of benzene rings is 1. The first-order chi connectivity index (χ1) is 10.5. The van der Waals surface area contributed by atoms with Gasteiger partial charge in [-0.05, 0) is 55.9 Å². The molecule has 1 saturated heterocycles. The van der Waals surface area contributed by atoms with Crippen LogP contribution in [0, 0.1) is 5.41 Å². The van der Waals surface area contributed by atoms with Gasteiger partial charge >= 0.3 is 0 Å². The summed E-state index contributed by atoms with van der Waals surface area (Å²) in [5, 5.41) is 10.2. The Balaban J connectivity index is 1.90. The molecule has 1 aromatic rings. The Morgan fingerprint density at radius 1 is 1.36 bits per heavy atom. The van der Waals surface area contributed by atoms with Gasteiger partial charge < -0.3 is 14.7 Å². The molecular formula is C17H24ClNO3. The molecule has 0 aliphatic carbocycles. The maximum absolute atomic E-state index is 12.5. The number of halogens is 1. The lowest BCUT2D eigenvalue weighted by molar-refractivity contribution is -0.140. The number of rotatable bonds is 5. The van der Waals surface area contributed by atoms with Crippen molar-refractivity contribution < 1.29 is 14.6 Å². The normalized spacial score (nSPS) is 18.8. The molecule has 0 radical (unpaired) electrons. The fourth-order valence-electron chi connectivity index (χ4n) is 2.85. The topological polar surface area (TPSA) is 49.8 Å². The molecule has 0 aromatic heterocycles. The second kappa shape index (κ2) is 7.34. The Morgan fingerprint density at radius 2 is 1.95 bits per heavy atom. The largest absolute Gasteiger partial charge is 0.481 e. The summed E-state index contributed by atoms with van der Waals surface area (Å²) >= 11 is 5.84. The number of carbonyl (C=O) groups is 1. The molecule has 22 heavy (non-hydrogen) atoms. The van der Waals surface area contributed by atoms with Gasteiger partial charge in [-0.15, -0.1) is 0 Å². The van der Waals surface area contributed by atoms with Crippen LogP contribution in [0.25, 0.3) is 0 Å². The molecule has 5 heteroatoms. The smallest absolute Gasteiger partial charge is 0.263 e. The van der Waals surface area contributed by atoms with E-state index in [1.807, 2.05) is 4.90 Å². The second-order valence-corrected chi connectivity index (χ2v) is 6.49. The summed E-state index contributed by atoms with van der Waals surface area (Å²) in [5.41, 5.74) is -0.0168. The maximum atomic E-state index is 12.5. The lowest BCUT2D eigenvalue weighted by Crippen LogP contribution is -2.48. The van der Waals surface area contributed by atoms with E-state index < -0.39 is 6.10 Å². The summed E-state index contributed by atoms with van der Waals surface area (Å²) in [4.78, 5) is 14.3. The average Bonchev–Trinajstić information content (AvgIpc) is 2.56. The molecule has 1 amide bonds. The molecule has 1 aliphatic heterocycles. The molecule has 122 valence electrons. The highest BCUT2D eigenvalue weighted by atomic mass is 35.5. The SMILES string of the molecule is CCC1(CO)CCN(C(=O)C(C)Oc2ccc(Cl)cc2)CC1. The molecule has 2 rings (SSSR count). The number of hydrogen-bond acceptors (Lipinski definition) is 3. The van der Waals surface area contributed by atoms with Crippen LogP contribution < -0.4 is 4.74 Å². The van der Waals surface area contributed by atoms with Crippen molar-refractivity contribution in [3.8, 4) is 5.75 Å². The van der Waals surface area contributed by atoms with Crippen molar-refractivity contribution in [2.75, 3.05) is 19.7 Å². The Bertz CT molecular complexity index is 489. The number of amides is 1. The average molecular weight is 326 g/mol. The Kier molecular flexibility index (Phi) is 5.70. The Hall–Kier alpha value is -1.26. The van der Waals surface area contributed by atoms with Gasteiger partial charge in [0.1, 0.15) is 5.75 Å². The van der Waals surface area contributed by atoms with E-state index in [2.05, 4.69) is 6.92 Å². The molecule has 0 bridgehead atoms. The zero-order valence-electron chi connectivity index (χ0n) is 13.2. The van der Waals surface area contributed by atoms with Gasteiger partial charge in [0.25, 0.3) is 5.91 Å². The van der Waals surface area contributed by atoms with Crippen LogP contribution in [0.15, 0.2) is 24.3 Å². The molecular weight excluding hydrogens is 302 g/mol. The summed E-state index contributed by atoms with van der Waals surface area (Å²) < 4.78 is 5.69. The third-order valence-electron chi connectivity index (χ3n) is 4.70. The van der Waals surface area contributed by atoms with Gasteiger partial charge in [-0.3, -0.25) is 4.79 Å². The number of carbonyl (C=O) groups excluding carboxylic acids is 1. The van der Waals surface area contributed by atoms with Crippen molar-refractivity contribution in [1.29, 1.82) is 0 Å². The quantitative estimate of drug-likeness (QED) is 0.905. The lowest BCUT2D eigenvalue weighted by Gasteiger charge is -2.40. The van der Waals surface area contributed by atoms with E-state index in [1.54, 1.807) is 31.2 Å². The van der Waals surface area contributed by atoms with Crippen LogP contribution in [-0.4, -0.2) is 41.7 Å². The minimum atomic E-state index is -0.524. The van der Waals surface area contributed by atoms with Crippen molar-refractivity contribution >= 4 is 17.5 Å². The zero-order valence-corrected chi connectivity index (χ0v) is 14.0. The summed E-state index contributed by atoms with van der Waals surface area (Å²) in [6.07, 6.45) is 2.12. The monoisotopic (exact) mass is 325 g/mol. The molecule has 0 saturated carbocycles. The second-order valence-electron chi connectivity index (χ2n) is 6.05. The van der Waals surface area contributed by atoms with Gasteiger partial charge in [0.15, 0.2) is 6.10 Å². The molecule has 1 aliphatic rings. The number of hydrogen-bond donors (Lipinski definition) is 1. The molecule has 1 unspecified atom stereocenters. The molecule has 1 atom stereocenters. The van der Waals surface area contributed by atoms with Crippen LogP contribution in [0.3, 0.4) is 0 Å². The number of aliphatic hydroxyl groups is 1. The highest BCUT2D eigenvalue weighted by molar-refractivity contribution is 6.30. The van der Waals surface area contributed by atoms with Crippen LogP contribution in [0.4, 0.5) is 0 Å². The summed E-state index contributed by atoms with van der Waals surface area (Å²) in [5.74, 6) is 0.637. The standard InChI is InChI=1S/C17H24ClNO3/c1-3-17(12-20)8-10-19(11-9-17)16(21)13(2)22-15-6-4-14(18)5-7-15/h4-7,13,20H,3,8-12H2,1-2H3. The van der Waals surface area contributed by atoms with Crippen LogP contribution in [0.5, 0.6) is 5.75 Å². The molecule has 1 aromatic carbocycles. The zero-order chi connectivity index (χ0) is 16.2. The molecule has 0 spiro atoms. The minimum absolute atomic E-state index is 0.00223. The Morgan fingerprint density at radius 3 is 2.45 bits per heavy atom. The van der Waals surface area contributed by atoms with Gasteiger partial charge in [-0.25, -0.2) is 0 Å². The molecule has 4 nitrogen and oxygen atoms in total. The predicted molar refractivity (Wildman–Crippen MR) is 87.2 cm³/mol. The maximum Gasteiger partial charge on any atom is 0.263 e. The van der Waals surface area contributed by atoms with Crippen molar-refractivity contribution in [3.63, 3.8) is 0 Å². The van der Waals surface area contributed by atoms with Gasteiger partial charge in [-0.1, -0.05) is 18.5 Å². The van der Waals surface area contributed by atoms with E-state index in [9.17, 15) is 9.90 Å². The number of nitrogens with zero attached hydrogens (tertiary/aromatic N) is 1. The van der Waals surface area contributed by atoms with Gasteiger partial charge in [0.2, 0.25) is 0 Å². The predicted octanol–water partition coefficient (Wildman–Crippen LogP) is 3.12. The minimum Gasteiger partial charge on any atom is -0.481 e. The first-order valence-corrected chi connectivity index (χ1v) is 8.19. The van der Waals surface area contributed by atoms with Crippen LogP contribution in [-0.2, 0) is 4.79 Å². The van der Waals surface area contributed by atoms with Gasteiger partial charge in [-0.2, -0.15) is 0 Å². The molecule has 1 fully saturated rings. The lowest BCUT2D eigenvalue weighted by atomic mass is 9.77. The van der Waals surface area contributed by atoms with Gasteiger partial charge in [0.05, 0.1) is 0 Å². The van der Waals surface area contributed by atoms with E-state index in [-0.39, 0.29) is 17.9 Å². The van der Waals surface area contributed by atoms with E-state index in [1.165, 1.54) is 0 Å². The van der Waals surface area contributed by atoms with Crippen molar-refractivity contribution in [3.05, 3.63) is 29.3 Å². The van der Waals surface area contributed by atoms with E-state index in [4.69, 9.17) is 16.3 Å². The number of aliphatic hydroxyl groups excluding tert-OH is 1. The third kappa shape index (κ3) is 3.93. The number of ether oxygens (including phenoxy) is 1. The van der Waals surface area contributed by atoms with Crippen molar-refractivity contribution in [2.45, 2.75) is 39.2 Å². The first-order valence-electron chi connectivity index (χ1n) is 7.81. The van der Waals surface area contributed by atoms with Crippen molar-refractivity contribution in [2.24, 2.45) is 5.41 Å². The van der Waals surface area contributed by atoms with Crippen LogP contribution in [0.2, 0.25) is 5.02 Å². The molecule has 1 N–H and O–H groups in total. The van der Waals surface area contributed by atoms with E-state index in [0.717, 1.165) is 19.3 Å². The first kappa shape index (κ1) is 17.1. The van der Waals surface area contributed by atoms with E-state index >= 15 is 0 Å². The highest BCUT2D eigenvalue weighted by Crippen LogP contribution is 2.34. The Labute approximate surface area is 137 Å².